The van der Waals surface area contributed by atoms with E-state index in [-0.39, 0.29) is 29.5 Å². The SMILES string of the molecule is CNC(=O)c1c(-c2ccc(F)cc2)oc2cc(CN(c3cc(F)c(N)c(C(=O)O)c3)S(=O)[O-])c(C3CC3)cc12. The highest BCUT2D eigenvalue weighted by atomic mass is 32.2. The van der Waals surface area contributed by atoms with Crippen molar-refractivity contribution >= 4 is 45.5 Å². The fraction of sp³-hybridized carbons (Fsp3) is 0.185. The van der Waals surface area contributed by atoms with E-state index in [1.807, 2.05) is 0 Å². The number of halogens is 2. The highest BCUT2D eigenvalue weighted by Crippen LogP contribution is 2.45. The molecule has 9 nitrogen and oxygen atoms in total. The van der Waals surface area contributed by atoms with E-state index >= 15 is 0 Å². The number of anilines is 2. The van der Waals surface area contributed by atoms with Crippen LogP contribution in [-0.2, 0) is 17.8 Å². The van der Waals surface area contributed by atoms with Gasteiger partial charge in [-0.15, -0.1) is 0 Å². The van der Waals surface area contributed by atoms with Crippen LogP contribution in [0.25, 0.3) is 22.3 Å². The second kappa shape index (κ2) is 10.1. The number of carboxylic acids is 1. The van der Waals surface area contributed by atoms with E-state index in [9.17, 15) is 32.2 Å². The molecule has 1 aliphatic carbocycles. The molecule has 5 rings (SSSR count). The number of aromatic carboxylic acids is 1. The maximum atomic E-state index is 14.4. The number of nitrogens with two attached hydrogens (primary N) is 1. The number of amides is 1. The van der Waals surface area contributed by atoms with Gasteiger partial charge in [0.2, 0.25) is 0 Å². The second-order valence-corrected chi connectivity index (χ2v) is 10.0. The Bertz CT molecular complexity index is 1650. The minimum atomic E-state index is -2.91. The summed E-state index contributed by atoms with van der Waals surface area (Å²) in [6.07, 6.45) is 1.69. The molecular formula is C27H22F2N3O6S-. The predicted molar refractivity (Wildman–Crippen MR) is 140 cm³/mol. The molecule has 0 saturated heterocycles. The molecule has 0 aliphatic heterocycles. The summed E-state index contributed by atoms with van der Waals surface area (Å²) >= 11 is -2.91. The molecule has 1 aliphatic rings. The van der Waals surface area contributed by atoms with Crippen LogP contribution in [0.15, 0.2) is 52.9 Å². The molecule has 202 valence electrons. The van der Waals surface area contributed by atoms with Gasteiger partial charge in [-0.05, 0) is 72.4 Å². The molecule has 3 aromatic carbocycles. The summed E-state index contributed by atoms with van der Waals surface area (Å²) in [4.78, 5) is 24.4. The Morgan fingerprint density at radius 3 is 2.46 bits per heavy atom. The number of rotatable bonds is 8. The first kappa shape index (κ1) is 26.3. The number of nitrogens with zero attached hydrogens (tertiary/aromatic N) is 1. The lowest BCUT2D eigenvalue weighted by atomic mass is 9.97. The van der Waals surface area contributed by atoms with E-state index in [4.69, 9.17) is 10.2 Å². The van der Waals surface area contributed by atoms with Crippen LogP contribution >= 0.6 is 0 Å². The van der Waals surface area contributed by atoms with Crippen LogP contribution in [-0.4, -0.2) is 32.8 Å². The molecule has 1 atom stereocenters. The van der Waals surface area contributed by atoms with Crippen LogP contribution in [0.3, 0.4) is 0 Å². The summed E-state index contributed by atoms with van der Waals surface area (Å²) in [5.41, 5.74) is 6.48. The fourth-order valence-corrected chi connectivity index (χ4v) is 5.10. The number of carbonyl (C=O) groups excluding carboxylic acids is 1. The van der Waals surface area contributed by atoms with Gasteiger partial charge in [0.1, 0.15) is 23.0 Å². The number of hydrogen-bond donors (Lipinski definition) is 3. The van der Waals surface area contributed by atoms with E-state index in [1.165, 1.54) is 31.3 Å². The van der Waals surface area contributed by atoms with E-state index in [1.54, 1.807) is 12.1 Å². The predicted octanol–water partition coefficient (Wildman–Crippen LogP) is 4.70. The Balaban J connectivity index is 1.66. The zero-order chi connectivity index (χ0) is 28.0. The number of furan rings is 1. The van der Waals surface area contributed by atoms with E-state index in [2.05, 4.69) is 5.32 Å². The van der Waals surface area contributed by atoms with Gasteiger partial charge in [-0.25, -0.2) is 13.6 Å². The van der Waals surface area contributed by atoms with Crippen LogP contribution in [0.5, 0.6) is 0 Å². The second-order valence-electron chi connectivity index (χ2n) is 9.16. The number of carbonyl (C=O) groups is 2. The number of benzene rings is 3. The van der Waals surface area contributed by atoms with E-state index < -0.39 is 46.0 Å². The molecular weight excluding hydrogens is 532 g/mol. The van der Waals surface area contributed by atoms with Crippen LogP contribution in [0, 0.1) is 11.6 Å². The van der Waals surface area contributed by atoms with Gasteiger partial charge >= 0.3 is 5.97 Å². The molecule has 12 heteroatoms. The van der Waals surface area contributed by atoms with Crippen molar-refractivity contribution in [3.05, 3.63) is 82.4 Å². The summed E-state index contributed by atoms with van der Waals surface area (Å²) in [6, 6.07) is 10.7. The van der Waals surface area contributed by atoms with Gasteiger partial charge in [-0.1, -0.05) is 0 Å². The molecule has 39 heavy (non-hydrogen) atoms. The molecule has 0 spiro atoms. The standard InChI is InChI=1S/C27H23F2N3O6S/c1-31-26(33)23-19-11-18(13-2-3-13)15(8-22(19)38-25(23)14-4-6-16(28)7-5-14)12-32(39(36)37)17-9-20(27(34)35)24(30)21(29)10-17/h4-11,13H,2-3,12,30H2,1H3,(H,31,33)(H,34,35)(H,36,37)/p-1. The first-order valence-corrected chi connectivity index (χ1v) is 12.9. The van der Waals surface area contributed by atoms with Gasteiger partial charge in [-0.2, -0.15) is 0 Å². The lowest BCUT2D eigenvalue weighted by Crippen LogP contribution is -2.26. The van der Waals surface area contributed by atoms with Gasteiger partial charge in [0.05, 0.1) is 29.0 Å². The third-order valence-corrected chi connectivity index (χ3v) is 7.35. The molecule has 0 radical (unpaired) electrons. The molecule has 1 heterocycles. The number of hydrogen-bond acceptors (Lipinski definition) is 6. The van der Waals surface area contributed by atoms with Crippen LogP contribution in [0.4, 0.5) is 20.2 Å². The summed E-state index contributed by atoms with van der Waals surface area (Å²) < 4.78 is 59.4. The number of nitrogens with one attached hydrogen (secondary N) is 1. The summed E-state index contributed by atoms with van der Waals surface area (Å²) in [5, 5.41) is 12.5. The van der Waals surface area contributed by atoms with Crippen molar-refractivity contribution in [2.24, 2.45) is 0 Å². The van der Waals surface area contributed by atoms with Gasteiger partial charge in [0, 0.05) is 35.3 Å². The fourth-order valence-electron chi connectivity index (χ4n) is 4.58. The Morgan fingerprint density at radius 1 is 1.18 bits per heavy atom. The normalized spacial score (nSPS) is 13.8. The summed E-state index contributed by atoms with van der Waals surface area (Å²) in [6.45, 7) is -0.262. The maximum absolute atomic E-state index is 14.4. The van der Waals surface area contributed by atoms with Crippen molar-refractivity contribution in [1.29, 1.82) is 0 Å². The van der Waals surface area contributed by atoms with Gasteiger partial charge < -0.3 is 25.1 Å². The maximum Gasteiger partial charge on any atom is 0.337 e. The number of nitrogen functional groups attached to an aromatic ring is 1. The van der Waals surface area contributed by atoms with Crippen molar-refractivity contribution < 1.29 is 36.7 Å². The first-order valence-electron chi connectivity index (χ1n) is 11.9. The Morgan fingerprint density at radius 2 is 1.87 bits per heavy atom. The minimum Gasteiger partial charge on any atom is -0.755 e. The Kier molecular flexibility index (Phi) is 6.83. The van der Waals surface area contributed by atoms with Crippen molar-refractivity contribution in [2.75, 3.05) is 17.1 Å². The Labute approximate surface area is 223 Å². The lowest BCUT2D eigenvalue weighted by Gasteiger charge is -2.28. The quantitative estimate of drug-likeness (QED) is 0.211. The average Bonchev–Trinajstić information content (AvgIpc) is 3.68. The van der Waals surface area contributed by atoms with Gasteiger partial charge in [0.25, 0.3) is 5.91 Å². The van der Waals surface area contributed by atoms with Crippen molar-refractivity contribution in [1.82, 2.24) is 5.32 Å². The molecule has 1 fully saturated rings. The zero-order valence-corrected chi connectivity index (χ0v) is 21.3. The number of fused-ring (bicyclic) bond motifs is 1. The third kappa shape index (κ3) is 4.95. The highest BCUT2D eigenvalue weighted by molar-refractivity contribution is 7.80. The number of carboxylic acid groups (broad SMARTS) is 1. The molecule has 1 unspecified atom stereocenters. The Hall–Kier alpha value is -4.29. The first-order chi connectivity index (χ1) is 18.6. The molecule has 4 aromatic rings. The lowest BCUT2D eigenvalue weighted by molar-refractivity contribution is 0.0697. The van der Waals surface area contributed by atoms with Crippen LogP contribution in [0.1, 0.15) is 50.6 Å². The van der Waals surface area contributed by atoms with Crippen LogP contribution < -0.4 is 15.4 Å². The molecule has 1 saturated carbocycles. The minimum absolute atomic E-state index is 0.103. The molecule has 0 bridgehead atoms. The zero-order valence-electron chi connectivity index (χ0n) is 20.5. The largest absolute Gasteiger partial charge is 0.755 e. The monoisotopic (exact) mass is 554 g/mol. The molecule has 4 N–H and O–H groups in total. The van der Waals surface area contributed by atoms with Crippen molar-refractivity contribution in [3.63, 3.8) is 0 Å². The topological polar surface area (TPSA) is 149 Å². The average molecular weight is 555 g/mol. The van der Waals surface area contributed by atoms with E-state index in [0.29, 0.717) is 22.1 Å². The smallest absolute Gasteiger partial charge is 0.337 e. The van der Waals surface area contributed by atoms with Crippen molar-refractivity contribution in [3.8, 4) is 11.3 Å². The molecule has 1 amide bonds. The van der Waals surface area contributed by atoms with Gasteiger partial charge in [-0.3, -0.25) is 13.3 Å². The molecule has 1 aromatic heterocycles. The van der Waals surface area contributed by atoms with Crippen LogP contribution in [0.2, 0.25) is 0 Å². The summed E-state index contributed by atoms with van der Waals surface area (Å²) in [7, 11) is 1.48. The van der Waals surface area contributed by atoms with Crippen molar-refractivity contribution in [2.45, 2.75) is 25.3 Å². The van der Waals surface area contributed by atoms with E-state index in [0.717, 1.165) is 34.8 Å². The third-order valence-electron chi connectivity index (χ3n) is 6.65. The van der Waals surface area contributed by atoms with Gasteiger partial charge in [0.15, 0.2) is 0 Å². The summed E-state index contributed by atoms with van der Waals surface area (Å²) in [5.74, 6) is -3.11. The highest BCUT2D eigenvalue weighted by Gasteiger charge is 2.30.